The summed E-state index contributed by atoms with van der Waals surface area (Å²) in [6.07, 6.45) is 6.15. The van der Waals surface area contributed by atoms with Crippen molar-refractivity contribution in [1.82, 2.24) is 8.87 Å². The Hall–Kier alpha value is -2.84. The summed E-state index contributed by atoms with van der Waals surface area (Å²) in [5.74, 6) is -0.0210. The zero-order chi connectivity index (χ0) is 23.4. The average molecular weight is 479 g/mol. The number of nitrogens with zero attached hydrogens (tertiary/aromatic N) is 4. The molecule has 6 rings (SSSR count). The van der Waals surface area contributed by atoms with Crippen LogP contribution in [-0.4, -0.2) is 62.0 Å². The van der Waals surface area contributed by atoms with Gasteiger partial charge < -0.3 is 9.80 Å². The van der Waals surface area contributed by atoms with Crippen LogP contribution in [0.1, 0.15) is 31.7 Å². The number of carbonyl (C=O) groups excluding carboxylic acids is 1. The topological polar surface area (TPSA) is 65.9 Å². The fourth-order valence-corrected chi connectivity index (χ4v) is 7.26. The maximum absolute atomic E-state index is 13.7. The van der Waals surface area contributed by atoms with E-state index < -0.39 is 10.0 Å². The molecule has 2 aromatic carbocycles. The number of hydrogen-bond donors (Lipinski definition) is 0. The summed E-state index contributed by atoms with van der Waals surface area (Å²) in [4.78, 5) is 18.8. The number of fused-ring (bicyclic) bond motifs is 3. The highest BCUT2D eigenvalue weighted by Crippen LogP contribution is 2.33. The highest BCUT2D eigenvalue weighted by molar-refractivity contribution is 7.90. The average Bonchev–Trinajstić information content (AvgIpc) is 3.47. The van der Waals surface area contributed by atoms with E-state index in [1.54, 1.807) is 29.3 Å². The van der Waals surface area contributed by atoms with Crippen molar-refractivity contribution in [1.29, 1.82) is 0 Å². The van der Waals surface area contributed by atoms with Crippen LogP contribution in [0.5, 0.6) is 0 Å². The van der Waals surface area contributed by atoms with E-state index in [9.17, 15) is 13.2 Å². The monoisotopic (exact) mass is 478 g/mol. The van der Waals surface area contributed by atoms with Gasteiger partial charge in [0, 0.05) is 62.1 Å². The van der Waals surface area contributed by atoms with Crippen LogP contribution in [0.4, 0.5) is 11.4 Å². The van der Waals surface area contributed by atoms with Gasteiger partial charge in [-0.2, -0.15) is 0 Å². The molecule has 178 valence electrons. The summed E-state index contributed by atoms with van der Waals surface area (Å²) in [5.41, 5.74) is 3.50. The van der Waals surface area contributed by atoms with E-state index in [1.165, 1.54) is 36.7 Å². The molecule has 0 N–H and O–H groups in total. The summed E-state index contributed by atoms with van der Waals surface area (Å²) in [5, 5.41) is 0.910. The molecule has 7 nitrogen and oxygen atoms in total. The molecule has 3 aromatic rings. The van der Waals surface area contributed by atoms with Crippen LogP contribution in [0.25, 0.3) is 10.9 Å². The molecule has 4 heterocycles. The summed E-state index contributed by atoms with van der Waals surface area (Å²) < 4.78 is 28.7. The van der Waals surface area contributed by atoms with Crippen molar-refractivity contribution in [2.24, 2.45) is 0 Å². The number of aromatic nitrogens is 1. The van der Waals surface area contributed by atoms with E-state index >= 15 is 0 Å². The summed E-state index contributed by atoms with van der Waals surface area (Å²) in [6, 6.07) is 13.7. The number of benzene rings is 2. The number of piperazine rings is 1. The Labute approximate surface area is 200 Å². The Balaban J connectivity index is 1.34. The SMILES string of the molecule is CC(=O)N1CCc2cc(S(=O)(=O)n3ccc4ccc(N5CCN6CCCCC6C5)cc43)ccc21. The van der Waals surface area contributed by atoms with E-state index in [-0.39, 0.29) is 10.8 Å². The van der Waals surface area contributed by atoms with Crippen LogP contribution in [0.3, 0.4) is 0 Å². The number of amides is 1. The first-order valence-electron chi connectivity index (χ1n) is 12.2. The lowest BCUT2D eigenvalue weighted by Crippen LogP contribution is -2.54. The molecule has 0 saturated carbocycles. The normalized spacial score (nSPS) is 21.0. The van der Waals surface area contributed by atoms with Gasteiger partial charge in [-0.05, 0) is 67.8 Å². The van der Waals surface area contributed by atoms with Gasteiger partial charge in [0.15, 0.2) is 0 Å². The lowest BCUT2D eigenvalue weighted by molar-refractivity contribution is -0.116. The predicted molar refractivity (Wildman–Crippen MR) is 134 cm³/mol. The van der Waals surface area contributed by atoms with Crippen LogP contribution in [0.15, 0.2) is 53.6 Å². The maximum atomic E-state index is 13.7. The maximum Gasteiger partial charge on any atom is 0.268 e. The molecule has 0 aliphatic carbocycles. The predicted octanol–water partition coefficient (Wildman–Crippen LogP) is 3.46. The van der Waals surface area contributed by atoms with E-state index in [2.05, 4.69) is 15.9 Å². The number of piperidine rings is 1. The number of anilines is 2. The first-order valence-corrected chi connectivity index (χ1v) is 13.6. The molecule has 1 atom stereocenters. The zero-order valence-corrected chi connectivity index (χ0v) is 20.3. The van der Waals surface area contributed by atoms with Crippen LogP contribution < -0.4 is 9.80 Å². The van der Waals surface area contributed by atoms with Crippen molar-refractivity contribution >= 4 is 38.2 Å². The van der Waals surface area contributed by atoms with Gasteiger partial charge in [0.05, 0.1) is 10.4 Å². The molecule has 1 amide bonds. The van der Waals surface area contributed by atoms with Crippen molar-refractivity contribution in [2.45, 2.75) is 43.5 Å². The molecule has 2 fully saturated rings. The summed E-state index contributed by atoms with van der Waals surface area (Å²) in [7, 11) is -3.76. The van der Waals surface area contributed by atoms with Gasteiger partial charge in [0.1, 0.15) is 0 Å². The van der Waals surface area contributed by atoms with Crippen molar-refractivity contribution in [3.05, 3.63) is 54.2 Å². The van der Waals surface area contributed by atoms with Gasteiger partial charge in [-0.3, -0.25) is 9.69 Å². The Bertz CT molecular complexity index is 1380. The Morgan fingerprint density at radius 1 is 0.971 bits per heavy atom. The third-order valence-corrected chi connectivity index (χ3v) is 9.41. The first kappa shape index (κ1) is 21.7. The van der Waals surface area contributed by atoms with Crippen LogP contribution >= 0.6 is 0 Å². The van der Waals surface area contributed by atoms with E-state index in [4.69, 9.17) is 0 Å². The molecule has 3 aliphatic heterocycles. The van der Waals surface area contributed by atoms with Crippen LogP contribution in [0, 0.1) is 0 Å². The highest BCUT2D eigenvalue weighted by atomic mass is 32.2. The van der Waals surface area contributed by atoms with Gasteiger partial charge in [0.2, 0.25) is 5.91 Å². The lowest BCUT2D eigenvalue weighted by atomic mass is 9.99. The quantitative estimate of drug-likeness (QED) is 0.577. The minimum absolute atomic E-state index is 0.0210. The third-order valence-electron chi connectivity index (χ3n) is 7.73. The molecule has 1 aromatic heterocycles. The first-order chi connectivity index (χ1) is 16.4. The minimum atomic E-state index is -3.76. The standard InChI is InChI=1S/C26H30N4O3S/c1-19(31)29-12-9-21-16-24(7-8-25(21)29)34(32,33)30-13-10-20-5-6-22(17-26(20)30)28-15-14-27-11-3-2-4-23(27)18-28/h5-8,10,13,16-17,23H,2-4,9,11-12,14-15,18H2,1H3. The Morgan fingerprint density at radius 2 is 1.85 bits per heavy atom. The molecule has 3 aliphatic rings. The van der Waals surface area contributed by atoms with Crippen molar-refractivity contribution in [3.8, 4) is 0 Å². The van der Waals surface area contributed by atoms with Gasteiger partial charge in [0.25, 0.3) is 10.0 Å². The second-order valence-corrected chi connectivity index (χ2v) is 11.5. The smallest absolute Gasteiger partial charge is 0.268 e. The fourth-order valence-electron chi connectivity index (χ4n) is 5.87. The van der Waals surface area contributed by atoms with Crippen molar-refractivity contribution in [3.63, 3.8) is 0 Å². The molecule has 0 spiro atoms. The fraction of sp³-hybridized carbons (Fsp3) is 0.423. The van der Waals surface area contributed by atoms with Gasteiger partial charge in [-0.1, -0.05) is 12.5 Å². The molecule has 8 heteroatoms. The molecule has 0 bridgehead atoms. The summed E-state index contributed by atoms with van der Waals surface area (Å²) in [6.45, 7) is 6.36. The Morgan fingerprint density at radius 3 is 2.71 bits per heavy atom. The third kappa shape index (κ3) is 3.51. The second kappa shape index (κ2) is 8.13. The largest absolute Gasteiger partial charge is 0.369 e. The lowest BCUT2D eigenvalue weighted by Gasteiger charge is -2.45. The molecule has 1 unspecified atom stereocenters. The van der Waals surface area contributed by atoms with E-state index in [0.717, 1.165) is 42.0 Å². The highest BCUT2D eigenvalue weighted by Gasteiger charge is 2.30. The van der Waals surface area contributed by atoms with Crippen LogP contribution in [-0.2, 0) is 21.2 Å². The molecule has 2 saturated heterocycles. The van der Waals surface area contributed by atoms with Crippen molar-refractivity contribution in [2.75, 3.05) is 42.5 Å². The minimum Gasteiger partial charge on any atom is -0.369 e. The summed E-state index contributed by atoms with van der Waals surface area (Å²) >= 11 is 0. The second-order valence-electron chi connectivity index (χ2n) is 9.70. The molecular weight excluding hydrogens is 448 g/mol. The molecular formula is C26H30N4O3S. The molecule has 0 radical (unpaired) electrons. The van der Waals surface area contributed by atoms with Gasteiger partial charge in [-0.25, -0.2) is 12.4 Å². The molecule has 34 heavy (non-hydrogen) atoms. The van der Waals surface area contributed by atoms with Crippen LogP contribution in [0.2, 0.25) is 0 Å². The number of hydrogen-bond acceptors (Lipinski definition) is 5. The van der Waals surface area contributed by atoms with Gasteiger partial charge >= 0.3 is 0 Å². The van der Waals surface area contributed by atoms with Crippen molar-refractivity contribution < 1.29 is 13.2 Å². The van der Waals surface area contributed by atoms with E-state index in [0.29, 0.717) is 24.5 Å². The van der Waals surface area contributed by atoms with Gasteiger partial charge in [-0.15, -0.1) is 0 Å². The Kier molecular flexibility index (Phi) is 5.18. The zero-order valence-electron chi connectivity index (χ0n) is 19.5. The number of rotatable bonds is 3. The number of carbonyl (C=O) groups is 1. The van der Waals surface area contributed by atoms with E-state index in [1.807, 2.05) is 18.2 Å².